The van der Waals surface area contributed by atoms with Gasteiger partial charge in [-0.15, -0.1) is 0 Å². The van der Waals surface area contributed by atoms with Crippen molar-refractivity contribution in [2.75, 3.05) is 6.26 Å². The van der Waals surface area contributed by atoms with Gasteiger partial charge >= 0.3 is 0 Å². The summed E-state index contributed by atoms with van der Waals surface area (Å²) >= 11 is 2.23. The van der Waals surface area contributed by atoms with E-state index in [1.807, 2.05) is 24.3 Å². The van der Waals surface area contributed by atoms with Crippen LogP contribution in [-0.4, -0.2) is 19.8 Å². The van der Waals surface area contributed by atoms with Gasteiger partial charge in [0.05, 0.1) is 11.0 Å². The molecule has 5 heteroatoms. The predicted molar refractivity (Wildman–Crippen MR) is 87.4 cm³/mol. The fourth-order valence-corrected chi connectivity index (χ4v) is 2.89. The van der Waals surface area contributed by atoms with Crippen LogP contribution in [0, 0.1) is 3.57 Å². The zero-order valence-electron chi connectivity index (χ0n) is 11.0. The highest BCUT2D eigenvalue weighted by atomic mass is 127. The predicted octanol–water partition coefficient (Wildman–Crippen LogP) is 2.97. The second-order valence-corrected chi connectivity index (χ2v) is 7.95. The van der Waals surface area contributed by atoms with Crippen LogP contribution in [0.15, 0.2) is 53.4 Å². The Morgan fingerprint density at radius 2 is 1.60 bits per heavy atom. The normalized spacial score (nSPS) is 13.2. The van der Waals surface area contributed by atoms with Gasteiger partial charge in [0.1, 0.15) is 0 Å². The maximum Gasteiger partial charge on any atom is 0.175 e. The van der Waals surface area contributed by atoms with Crippen molar-refractivity contribution in [3.05, 3.63) is 63.2 Å². The molecule has 2 aromatic carbocycles. The molecule has 2 rings (SSSR count). The summed E-state index contributed by atoms with van der Waals surface area (Å²) in [5.41, 5.74) is 1.76. The molecule has 1 atom stereocenters. The number of hydrogen-bond donors (Lipinski definition) is 1. The minimum Gasteiger partial charge on any atom is -0.388 e. The van der Waals surface area contributed by atoms with Crippen molar-refractivity contribution >= 4 is 32.4 Å². The molecule has 0 bridgehead atoms. The van der Waals surface area contributed by atoms with E-state index in [1.165, 1.54) is 18.4 Å². The molecule has 1 N–H and O–H groups in total. The Morgan fingerprint density at radius 1 is 1.05 bits per heavy atom. The lowest BCUT2D eigenvalue weighted by atomic mass is 10.0. The van der Waals surface area contributed by atoms with Crippen LogP contribution < -0.4 is 0 Å². The van der Waals surface area contributed by atoms with Crippen molar-refractivity contribution in [1.29, 1.82) is 0 Å². The highest BCUT2D eigenvalue weighted by Gasteiger charge is 2.11. The van der Waals surface area contributed by atoms with E-state index in [4.69, 9.17) is 0 Å². The zero-order valence-corrected chi connectivity index (χ0v) is 13.9. The highest BCUT2D eigenvalue weighted by molar-refractivity contribution is 14.1. The summed E-state index contributed by atoms with van der Waals surface area (Å²) in [7, 11) is -3.19. The standard InChI is InChI=1S/C15H15IO3S/c1-20(18,19)14-8-4-12(5-9-14)15(17)10-11-2-6-13(16)7-3-11/h2-9,15,17H,10H2,1H3. The quantitative estimate of drug-likeness (QED) is 0.801. The average Bonchev–Trinajstić information content (AvgIpc) is 2.40. The molecule has 0 fully saturated rings. The van der Waals surface area contributed by atoms with Crippen LogP contribution in [0.3, 0.4) is 0 Å². The molecule has 0 aliphatic heterocycles. The van der Waals surface area contributed by atoms with Gasteiger partial charge in [0.2, 0.25) is 0 Å². The fourth-order valence-electron chi connectivity index (χ4n) is 1.90. The first-order valence-corrected chi connectivity index (χ1v) is 9.06. The Morgan fingerprint density at radius 3 is 2.10 bits per heavy atom. The molecule has 0 saturated heterocycles. The molecule has 0 aliphatic rings. The molecule has 20 heavy (non-hydrogen) atoms. The smallest absolute Gasteiger partial charge is 0.175 e. The van der Waals surface area contributed by atoms with E-state index in [0.717, 1.165) is 14.7 Å². The Bertz CT molecular complexity index is 676. The van der Waals surface area contributed by atoms with Gasteiger partial charge in [-0.25, -0.2) is 8.42 Å². The molecule has 106 valence electrons. The van der Waals surface area contributed by atoms with Crippen LogP contribution in [0.25, 0.3) is 0 Å². The molecule has 0 aromatic heterocycles. The maximum atomic E-state index is 11.4. The van der Waals surface area contributed by atoms with Crippen LogP contribution in [0.1, 0.15) is 17.2 Å². The van der Waals surface area contributed by atoms with Crippen molar-refractivity contribution in [1.82, 2.24) is 0 Å². The van der Waals surface area contributed by atoms with E-state index in [9.17, 15) is 13.5 Å². The zero-order chi connectivity index (χ0) is 14.8. The molecule has 0 saturated carbocycles. The molecule has 3 nitrogen and oxygen atoms in total. The maximum absolute atomic E-state index is 11.4. The van der Waals surface area contributed by atoms with E-state index < -0.39 is 15.9 Å². The van der Waals surface area contributed by atoms with E-state index in [0.29, 0.717) is 6.42 Å². The SMILES string of the molecule is CS(=O)(=O)c1ccc(C(O)Cc2ccc(I)cc2)cc1. The van der Waals surface area contributed by atoms with Crippen molar-refractivity contribution in [2.45, 2.75) is 17.4 Å². The second-order valence-electron chi connectivity index (χ2n) is 4.69. The molecule has 0 amide bonds. The van der Waals surface area contributed by atoms with Gasteiger partial charge in [-0.1, -0.05) is 24.3 Å². The van der Waals surface area contributed by atoms with E-state index >= 15 is 0 Å². The molecular formula is C15H15IO3S. The van der Waals surface area contributed by atoms with Gasteiger partial charge in [0.15, 0.2) is 9.84 Å². The number of hydrogen-bond acceptors (Lipinski definition) is 3. The molecule has 2 aromatic rings. The largest absolute Gasteiger partial charge is 0.388 e. The third-order valence-electron chi connectivity index (χ3n) is 3.04. The summed E-state index contributed by atoms with van der Waals surface area (Å²) in [6.07, 6.45) is 1.04. The summed E-state index contributed by atoms with van der Waals surface area (Å²) in [6.45, 7) is 0. The van der Waals surface area contributed by atoms with Crippen LogP contribution >= 0.6 is 22.6 Å². The van der Waals surface area contributed by atoms with Gasteiger partial charge in [-0.3, -0.25) is 0 Å². The lowest BCUT2D eigenvalue weighted by Crippen LogP contribution is -2.03. The van der Waals surface area contributed by atoms with Crippen molar-refractivity contribution in [3.63, 3.8) is 0 Å². The molecule has 0 spiro atoms. The number of sulfone groups is 1. The Hall–Kier alpha value is -0.920. The monoisotopic (exact) mass is 402 g/mol. The molecular weight excluding hydrogens is 387 g/mol. The highest BCUT2D eigenvalue weighted by Crippen LogP contribution is 2.20. The van der Waals surface area contributed by atoms with Crippen LogP contribution in [0.4, 0.5) is 0 Å². The Kier molecular flexibility index (Phi) is 4.82. The van der Waals surface area contributed by atoms with Gasteiger partial charge in [-0.05, 0) is 58.0 Å². The lowest BCUT2D eigenvalue weighted by Gasteiger charge is -2.11. The third-order valence-corrected chi connectivity index (χ3v) is 4.88. The van der Waals surface area contributed by atoms with E-state index in [-0.39, 0.29) is 4.90 Å². The molecule has 1 unspecified atom stereocenters. The van der Waals surface area contributed by atoms with Gasteiger partial charge < -0.3 is 5.11 Å². The lowest BCUT2D eigenvalue weighted by molar-refractivity contribution is 0.178. The minimum absolute atomic E-state index is 0.266. The summed E-state index contributed by atoms with van der Waals surface area (Å²) in [5, 5.41) is 10.2. The van der Waals surface area contributed by atoms with E-state index in [2.05, 4.69) is 22.6 Å². The first-order valence-electron chi connectivity index (χ1n) is 6.09. The first kappa shape index (κ1) is 15.5. The summed E-state index contributed by atoms with van der Waals surface area (Å²) < 4.78 is 23.9. The summed E-state index contributed by atoms with van der Waals surface area (Å²) in [6, 6.07) is 14.3. The molecule has 0 heterocycles. The van der Waals surface area contributed by atoms with Crippen LogP contribution in [0.2, 0.25) is 0 Å². The average molecular weight is 402 g/mol. The van der Waals surface area contributed by atoms with Crippen LogP contribution in [0.5, 0.6) is 0 Å². The van der Waals surface area contributed by atoms with Gasteiger partial charge in [-0.2, -0.15) is 0 Å². The first-order chi connectivity index (χ1) is 9.36. The van der Waals surface area contributed by atoms with Crippen molar-refractivity contribution < 1.29 is 13.5 Å². The Balaban J connectivity index is 2.13. The fraction of sp³-hybridized carbons (Fsp3) is 0.200. The number of aliphatic hydroxyl groups excluding tert-OH is 1. The third kappa shape index (κ3) is 4.04. The molecule has 0 aliphatic carbocycles. The summed E-state index contributed by atoms with van der Waals surface area (Å²) in [4.78, 5) is 0.266. The molecule has 0 radical (unpaired) electrons. The minimum atomic E-state index is -3.19. The number of benzene rings is 2. The van der Waals surface area contributed by atoms with Crippen molar-refractivity contribution in [3.8, 4) is 0 Å². The van der Waals surface area contributed by atoms with Gasteiger partial charge in [0, 0.05) is 16.2 Å². The van der Waals surface area contributed by atoms with Crippen molar-refractivity contribution in [2.24, 2.45) is 0 Å². The summed E-state index contributed by atoms with van der Waals surface area (Å²) in [5.74, 6) is 0. The van der Waals surface area contributed by atoms with Gasteiger partial charge in [0.25, 0.3) is 0 Å². The topological polar surface area (TPSA) is 54.4 Å². The second kappa shape index (κ2) is 6.24. The Labute approximate surface area is 132 Å². The van der Waals surface area contributed by atoms with Crippen LogP contribution in [-0.2, 0) is 16.3 Å². The van der Waals surface area contributed by atoms with E-state index in [1.54, 1.807) is 12.1 Å². The number of rotatable bonds is 4. The number of aliphatic hydroxyl groups is 1. The number of halogens is 1.